The summed E-state index contributed by atoms with van der Waals surface area (Å²) in [6.07, 6.45) is 7.34. The number of nitrogens with zero attached hydrogens (tertiary/aromatic N) is 3. The van der Waals surface area contributed by atoms with Crippen molar-refractivity contribution in [2.24, 2.45) is 0 Å². The van der Waals surface area contributed by atoms with Crippen molar-refractivity contribution in [3.8, 4) is 22.4 Å². The molecule has 1 aliphatic heterocycles. The second-order valence-electron chi connectivity index (χ2n) is 7.56. The number of fused-ring (bicyclic) bond motifs is 1. The minimum atomic E-state index is -0.394. The Kier molecular flexibility index (Phi) is 4.84. The molecule has 0 radical (unpaired) electrons. The fourth-order valence-electron chi connectivity index (χ4n) is 4.10. The zero-order chi connectivity index (χ0) is 20.7. The average Bonchev–Trinajstić information content (AvgIpc) is 3.24. The lowest BCUT2D eigenvalue weighted by molar-refractivity contribution is 0.453. The summed E-state index contributed by atoms with van der Waals surface area (Å²) in [5.41, 5.74) is 10.5. The molecule has 3 aromatic heterocycles. The van der Waals surface area contributed by atoms with Crippen LogP contribution in [0.4, 0.5) is 10.2 Å². The molecule has 152 valence electrons. The van der Waals surface area contributed by atoms with E-state index in [9.17, 15) is 4.39 Å². The lowest BCUT2D eigenvalue weighted by Gasteiger charge is -2.22. The van der Waals surface area contributed by atoms with Gasteiger partial charge in [-0.3, -0.25) is 10.1 Å². The number of hydrogen-bond acceptors (Lipinski definition) is 5. The van der Waals surface area contributed by atoms with Crippen molar-refractivity contribution in [1.29, 1.82) is 0 Å². The van der Waals surface area contributed by atoms with Crippen LogP contribution >= 0.6 is 11.6 Å². The summed E-state index contributed by atoms with van der Waals surface area (Å²) in [5.74, 6) is 0.392. The highest BCUT2D eigenvalue weighted by Crippen LogP contribution is 2.35. The first-order valence-corrected chi connectivity index (χ1v) is 10.2. The van der Waals surface area contributed by atoms with Crippen LogP contribution in [0, 0.1) is 5.82 Å². The number of piperidine rings is 1. The normalized spacial score (nSPS) is 15.0. The third-order valence-electron chi connectivity index (χ3n) is 5.67. The minimum absolute atomic E-state index is 0.328. The molecule has 1 aromatic carbocycles. The number of nitrogen functional groups attached to an aromatic ring is 1. The zero-order valence-corrected chi connectivity index (χ0v) is 16.9. The summed E-state index contributed by atoms with van der Waals surface area (Å²) in [4.78, 5) is 8.90. The Morgan fingerprint density at radius 1 is 1.00 bits per heavy atom. The standard InChI is InChI=1S/C22H20ClFN6/c23-19-8-15(24)5-13-7-20(27-10-17(13)19)16-6-14(9-28-22(16)25)18-11-29-30-21(18)12-1-3-26-4-2-12/h5-12,26H,1-4H2,(H2,25,28)(H,29,30). The van der Waals surface area contributed by atoms with Crippen LogP contribution in [0.25, 0.3) is 33.2 Å². The molecule has 6 nitrogen and oxygen atoms in total. The molecular weight excluding hydrogens is 403 g/mol. The molecule has 0 saturated carbocycles. The molecule has 1 saturated heterocycles. The fourth-order valence-corrected chi connectivity index (χ4v) is 4.36. The van der Waals surface area contributed by atoms with Gasteiger partial charge < -0.3 is 11.1 Å². The van der Waals surface area contributed by atoms with Crippen molar-refractivity contribution in [2.75, 3.05) is 18.8 Å². The monoisotopic (exact) mass is 422 g/mol. The molecule has 1 aliphatic rings. The first kappa shape index (κ1) is 19.0. The molecule has 0 aliphatic carbocycles. The molecule has 0 bridgehead atoms. The van der Waals surface area contributed by atoms with Crippen LogP contribution in [0.1, 0.15) is 24.5 Å². The van der Waals surface area contributed by atoms with E-state index in [4.69, 9.17) is 17.3 Å². The summed E-state index contributed by atoms with van der Waals surface area (Å²) in [6, 6.07) is 6.46. The highest BCUT2D eigenvalue weighted by Gasteiger charge is 2.21. The van der Waals surface area contributed by atoms with E-state index in [-0.39, 0.29) is 0 Å². The molecule has 30 heavy (non-hydrogen) atoms. The minimum Gasteiger partial charge on any atom is -0.383 e. The van der Waals surface area contributed by atoms with Crippen LogP contribution in [0.3, 0.4) is 0 Å². The maximum atomic E-state index is 13.8. The number of benzene rings is 1. The predicted molar refractivity (Wildman–Crippen MR) is 117 cm³/mol. The van der Waals surface area contributed by atoms with Gasteiger partial charge in [-0.1, -0.05) is 11.6 Å². The molecule has 8 heteroatoms. The number of pyridine rings is 2. The molecule has 4 N–H and O–H groups in total. The Morgan fingerprint density at radius 2 is 1.83 bits per heavy atom. The number of H-pyrrole nitrogens is 1. The third kappa shape index (κ3) is 3.40. The summed E-state index contributed by atoms with van der Waals surface area (Å²) in [6.45, 7) is 1.99. The molecule has 4 heterocycles. The fraction of sp³-hybridized carbons (Fsp3) is 0.227. The zero-order valence-electron chi connectivity index (χ0n) is 16.1. The highest BCUT2D eigenvalue weighted by molar-refractivity contribution is 6.35. The highest BCUT2D eigenvalue weighted by atomic mass is 35.5. The van der Waals surface area contributed by atoms with Gasteiger partial charge in [0.2, 0.25) is 0 Å². The molecule has 0 spiro atoms. The lowest BCUT2D eigenvalue weighted by atomic mass is 9.90. The molecule has 1 fully saturated rings. The predicted octanol–water partition coefficient (Wildman–Crippen LogP) is 4.53. The molecule has 4 aromatic rings. The Hall–Kier alpha value is -3.03. The van der Waals surface area contributed by atoms with Gasteiger partial charge in [-0.15, -0.1) is 0 Å². The molecule has 0 atom stereocenters. The van der Waals surface area contributed by atoms with E-state index >= 15 is 0 Å². The number of aromatic amines is 1. The van der Waals surface area contributed by atoms with Gasteiger partial charge in [0.05, 0.1) is 16.9 Å². The van der Waals surface area contributed by atoms with E-state index in [2.05, 4.69) is 25.5 Å². The van der Waals surface area contributed by atoms with Crippen molar-refractivity contribution in [3.05, 3.63) is 59.4 Å². The van der Waals surface area contributed by atoms with E-state index in [1.165, 1.54) is 12.1 Å². The smallest absolute Gasteiger partial charge is 0.132 e. The van der Waals surface area contributed by atoms with Gasteiger partial charge in [-0.05, 0) is 55.6 Å². The van der Waals surface area contributed by atoms with E-state index in [1.807, 2.05) is 12.3 Å². The van der Waals surface area contributed by atoms with Crippen LogP contribution in [0.5, 0.6) is 0 Å². The Morgan fingerprint density at radius 3 is 2.67 bits per heavy atom. The molecule has 0 amide bonds. The summed E-state index contributed by atoms with van der Waals surface area (Å²) in [5, 5.41) is 12.5. The van der Waals surface area contributed by atoms with E-state index in [0.717, 1.165) is 42.8 Å². The second-order valence-corrected chi connectivity index (χ2v) is 7.96. The number of anilines is 1. The van der Waals surface area contributed by atoms with Gasteiger partial charge in [-0.2, -0.15) is 5.10 Å². The van der Waals surface area contributed by atoms with Crippen LogP contribution in [0.2, 0.25) is 5.02 Å². The Bertz CT molecular complexity index is 1230. The van der Waals surface area contributed by atoms with E-state index < -0.39 is 5.82 Å². The van der Waals surface area contributed by atoms with Crippen molar-refractivity contribution in [2.45, 2.75) is 18.8 Å². The quantitative estimate of drug-likeness (QED) is 0.451. The Balaban J connectivity index is 1.58. The average molecular weight is 423 g/mol. The molecular formula is C22H20ClFN6. The van der Waals surface area contributed by atoms with Crippen molar-refractivity contribution in [3.63, 3.8) is 0 Å². The van der Waals surface area contributed by atoms with E-state index in [0.29, 0.717) is 38.8 Å². The largest absolute Gasteiger partial charge is 0.383 e. The summed E-state index contributed by atoms with van der Waals surface area (Å²) in [7, 11) is 0. The summed E-state index contributed by atoms with van der Waals surface area (Å²) >= 11 is 6.14. The number of aromatic nitrogens is 4. The first-order valence-electron chi connectivity index (χ1n) is 9.85. The van der Waals surface area contributed by atoms with E-state index in [1.54, 1.807) is 18.5 Å². The maximum Gasteiger partial charge on any atom is 0.132 e. The number of nitrogens with two attached hydrogens (primary N) is 1. The third-order valence-corrected chi connectivity index (χ3v) is 5.99. The van der Waals surface area contributed by atoms with Crippen LogP contribution < -0.4 is 11.1 Å². The van der Waals surface area contributed by atoms with Crippen molar-refractivity contribution in [1.82, 2.24) is 25.5 Å². The number of halogens is 2. The van der Waals surface area contributed by atoms with Gasteiger partial charge in [0.1, 0.15) is 11.6 Å². The topological polar surface area (TPSA) is 92.5 Å². The second kappa shape index (κ2) is 7.66. The first-order chi connectivity index (χ1) is 14.6. The maximum absolute atomic E-state index is 13.8. The lowest BCUT2D eigenvalue weighted by Crippen LogP contribution is -2.27. The SMILES string of the molecule is Nc1ncc(-c2cn[nH]c2C2CCNCC2)cc1-c1cc2cc(F)cc(Cl)c2cn1. The van der Waals surface area contributed by atoms with Gasteiger partial charge in [0, 0.05) is 46.1 Å². The van der Waals surface area contributed by atoms with Gasteiger partial charge in [0.15, 0.2) is 0 Å². The van der Waals surface area contributed by atoms with Crippen LogP contribution in [-0.2, 0) is 0 Å². The van der Waals surface area contributed by atoms with Gasteiger partial charge >= 0.3 is 0 Å². The number of rotatable bonds is 3. The van der Waals surface area contributed by atoms with Gasteiger partial charge in [-0.25, -0.2) is 9.37 Å². The molecule has 5 rings (SSSR count). The Labute approximate surface area is 177 Å². The van der Waals surface area contributed by atoms with Crippen molar-refractivity contribution >= 4 is 28.2 Å². The van der Waals surface area contributed by atoms with Crippen molar-refractivity contribution < 1.29 is 4.39 Å². The van der Waals surface area contributed by atoms with Crippen LogP contribution in [0.15, 0.2) is 42.9 Å². The van der Waals surface area contributed by atoms with Gasteiger partial charge in [0.25, 0.3) is 0 Å². The summed E-state index contributed by atoms with van der Waals surface area (Å²) < 4.78 is 13.8. The van der Waals surface area contributed by atoms with Crippen LogP contribution in [-0.4, -0.2) is 33.3 Å². The molecule has 0 unspecified atom stereocenters. The number of hydrogen-bond donors (Lipinski definition) is 3. The number of nitrogens with one attached hydrogen (secondary N) is 2.